The lowest BCUT2D eigenvalue weighted by Crippen LogP contribution is -2.38. The van der Waals surface area contributed by atoms with Crippen LogP contribution in [0, 0.1) is 11.3 Å². The average Bonchev–Trinajstić information content (AvgIpc) is 3.17. The van der Waals surface area contributed by atoms with Crippen LogP contribution >= 0.6 is 0 Å². The van der Waals surface area contributed by atoms with E-state index in [-0.39, 0.29) is 5.91 Å². The first-order valence-electron chi connectivity index (χ1n) is 6.63. The van der Waals surface area contributed by atoms with Gasteiger partial charge in [-0.3, -0.25) is 4.79 Å². The van der Waals surface area contributed by atoms with Crippen molar-refractivity contribution in [2.24, 2.45) is 17.1 Å². The second-order valence-corrected chi connectivity index (χ2v) is 5.62. The fraction of sp³-hybridized carbons (Fsp3) is 0.533. The molecule has 1 amide bonds. The zero-order valence-electron chi connectivity index (χ0n) is 11.1. The van der Waals surface area contributed by atoms with Gasteiger partial charge in [0.2, 0.25) is 5.91 Å². The molecule has 0 radical (unpaired) electrons. The van der Waals surface area contributed by atoms with Crippen molar-refractivity contribution in [3.63, 3.8) is 0 Å². The van der Waals surface area contributed by atoms with Crippen LogP contribution in [0.3, 0.4) is 0 Å². The summed E-state index contributed by atoms with van der Waals surface area (Å²) in [7, 11) is 0. The molecule has 0 saturated heterocycles. The summed E-state index contributed by atoms with van der Waals surface area (Å²) in [5.74, 6) is 0.541. The van der Waals surface area contributed by atoms with E-state index in [0.29, 0.717) is 11.3 Å². The van der Waals surface area contributed by atoms with Gasteiger partial charge in [0.25, 0.3) is 0 Å². The van der Waals surface area contributed by atoms with E-state index in [1.165, 1.54) is 12.8 Å². The second kappa shape index (κ2) is 5.11. The zero-order chi connectivity index (χ0) is 13.2. The van der Waals surface area contributed by atoms with E-state index in [1.54, 1.807) is 0 Å². The quantitative estimate of drug-likeness (QED) is 0.837. The smallest absolute Gasteiger partial charge is 0.241 e. The van der Waals surface area contributed by atoms with E-state index in [2.05, 4.69) is 19.2 Å². The number of carbonyl (C=O) groups excluding carboxylic acids is 1. The zero-order valence-corrected chi connectivity index (χ0v) is 11.1. The molecule has 1 unspecified atom stereocenters. The van der Waals surface area contributed by atoms with Crippen LogP contribution in [0.1, 0.15) is 38.3 Å². The normalized spacial score (nSPS) is 18.4. The Hall–Kier alpha value is -1.35. The van der Waals surface area contributed by atoms with Crippen molar-refractivity contribution >= 4 is 5.91 Å². The Balaban J connectivity index is 1.89. The van der Waals surface area contributed by atoms with Gasteiger partial charge in [-0.2, -0.15) is 0 Å². The number of hydrogen-bond donors (Lipinski definition) is 2. The lowest BCUT2D eigenvalue weighted by atomic mass is 9.92. The summed E-state index contributed by atoms with van der Waals surface area (Å²) >= 11 is 0. The van der Waals surface area contributed by atoms with Crippen molar-refractivity contribution in [2.45, 2.75) is 32.7 Å². The molecule has 0 heterocycles. The molecule has 1 aromatic rings. The Bertz CT molecular complexity index is 410. The molecule has 1 aliphatic carbocycles. The highest BCUT2D eigenvalue weighted by molar-refractivity contribution is 5.82. The minimum atomic E-state index is -0.561. The van der Waals surface area contributed by atoms with Gasteiger partial charge in [-0.05, 0) is 29.7 Å². The van der Waals surface area contributed by atoms with Gasteiger partial charge in [0.05, 0.1) is 0 Å². The fourth-order valence-corrected chi connectivity index (χ4v) is 2.30. The molecule has 1 aromatic carbocycles. The lowest BCUT2D eigenvalue weighted by molar-refractivity contribution is -0.122. The third-order valence-corrected chi connectivity index (χ3v) is 4.17. The summed E-state index contributed by atoms with van der Waals surface area (Å²) in [5.41, 5.74) is 7.14. The summed E-state index contributed by atoms with van der Waals surface area (Å²) in [6.07, 6.45) is 2.43. The number of hydrogen-bond acceptors (Lipinski definition) is 2. The number of rotatable bonds is 5. The molecule has 2 rings (SSSR count). The summed E-state index contributed by atoms with van der Waals surface area (Å²) in [4.78, 5) is 12.0. The molecule has 3 nitrogen and oxygen atoms in total. The van der Waals surface area contributed by atoms with Crippen LogP contribution < -0.4 is 11.1 Å². The first-order chi connectivity index (χ1) is 8.55. The van der Waals surface area contributed by atoms with Crippen LogP contribution in [-0.4, -0.2) is 12.5 Å². The summed E-state index contributed by atoms with van der Waals surface area (Å²) in [6, 6.07) is 8.94. The second-order valence-electron chi connectivity index (χ2n) is 5.62. The first-order valence-corrected chi connectivity index (χ1v) is 6.63. The Kier molecular flexibility index (Phi) is 3.71. The third-order valence-electron chi connectivity index (χ3n) is 4.17. The fourth-order valence-electron chi connectivity index (χ4n) is 2.30. The molecule has 3 N–H and O–H groups in total. The largest absolute Gasteiger partial charge is 0.354 e. The van der Waals surface area contributed by atoms with E-state index >= 15 is 0 Å². The summed E-state index contributed by atoms with van der Waals surface area (Å²) < 4.78 is 0. The van der Waals surface area contributed by atoms with Crippen molar-refractivity contribution in [1.82, 2.24) is 5.32 Å². The summed E-state index contributed by atoms with van der Waals surface area (Å²) in [5, 5.41) is 3.00. The van der Waals surface area contributed by atoms with Gasteiger partial charge < -0.3 is 11.1 Å². The average molecular weight is 246 g/mol. The molecule has 3 heteroatoms. The van der Waals surface area contributed by atoms with E-state index in [4.69, 9.17) is 5.73 Å². The van der Waals surface area contributed by atoms with Gasteiger partial charge in [-0.25, -0.2) is 0 Å². The molecular formula is C15H22N2O. The Morgan fingerprint density at radius 3 is 2.44 bits per heavy atom. The van der Waals surface area contributed by atoms with Crippen LogP contribution in [0.2, 0.25) is 0 Å². The Morgan fingerprint density at radius 1 is 1.33 bits per heavy atom. The van der Waals surface area contributed by atoms with E-state index in [0.717, 1.165) is 12.1 Å². The van der Waals surface area contributed by atoms with Crippen LogP contribution in [0.4, 0.5) is 0 Å². The van der Waals surface area contributed by atoms with Crippen molar-refractivity contribution in [2.75, 3.05) is 6.54 Å². The number of amides is 1. The van der Waals surface area contributed by atoms with Crippen molar-refractivity contribution in [1.29, 1.82) is 0 Å². The predicted octanol–water partition coefficient (Wildman–Crippen LogP) is 2.24. The minimum absolute atomic E-state index is 0.0758. The van der Waals surface area contributed by atoms with E-state index in [1.807, 2.05) is 30.3 Å². The van der Waals surface area contributed by atoms with Crippen molar-refractivity contribution in [3.8, 4) is 0 Å². The van der Waals surface area contributed by atoms with E-state index in [9.17, 15) is 4.79 Å². The van der Waals surface area contributed by atoms with Crippen molar-refractivity contribution in [3.05, 3.63) is 35.9 Å². The maximum Gasteiger partial charge on any atom is 0.241 e. The number of benzene rings is 1. The van der Waals surface area contributed by atoms with Gasteiger partial charge in [0.15, 0.2) is 0 Å². The molecule has 98 valence electrons. The maximum atomic E-state index is 12.0. The molecule has 1 aliphatic rings. The van der Waals surface area contributed by atoms with Gasteiger partial charge in [-0.1, -0.05) is 44.2 Å². The molecule has 0 spiro atoms. The topological polar surface area (TPSA) is 55.1 Å². The maximum absolute atomic E-state index is 12.0. The van der Waals surface area contributed by atoms with Gasteiger partial charge in [-0.15, -0.1) is 0 Å². The van der Waals surface area contributed by atoms with Crippen LogP contribution in [-0.2, 0) is 4.79 Å². The number of nitrogens with two attached hydrogens (primary N) is 1. The van der Waals surface area contributed by atoms with Gasteiger partial charge in [0.1, 0.15) is 6.04 Å². The molecule has 0 aliphatic heterocycles. The monoisotopic (exact) mass is 246 g/mol. The molecule has 0 aromatic heterocycles. The predicted molar refractivity (Wildman–Crippen MR) is 72.9 cm³/mol. The molecule has 1 atom stereocenters. The highest BCUT2D eigenvalue weighted by Crippen LogP contribution is 2.51. The highest BCUT2D eigenvalue weighted by Gasteiger charge is 2.45. The van der Waals surface area contributed by atoms with Crippen molar-refractivity contribution < 1.29 is 4.79 Å². The molecular weight excluding hydrogens is 224 g/mol. The van der Waals surface area contributed by atoms with Gasteiger partial charge >= 0.3 is 0 Å². The van der Waals surface area contributed by atoms with Crippen LogP contribution in [0.25, 0.3) is 0 Å². The van der Waals surface area contributed by atoms with E-state index < -0.39 is 6.04 Å². The standard InChI is InChI=1S/C15H22N2O/c1-11(2)15(8-9-15)10-17-14(18)13(16)12-6-4-3-5-7-12/h3-7,11,13H,8-10,16H2,1-2H3,(H,17,18). The summed E-state index contributed by atoms with van der Waals surface area (Å²) in [6.45, 7) is 5.19. The molecule has 0 bridgehead atoms. The van der Waals surface area contributed by atoms with Crippen LogP contribution in [0.5, 0.6) is 0 Å². The highest BCUT2D eigenvalue weighted by atomic mass is 16.2. The van der Waals surface area contributed by atoms with Crippen LogP contribution in [0.15, 0.2) is 30.3 Å². The molecule has 1 saturated carbocycles. The molecule has 18 heavy (non-hydrogen) atoms. The third kappa shape index (κ3) is 2.72. The SMILES string of the molecule is CC(C)C1(CNC(=O)C(N)c2ccccc2)CC1. The van der Waals surface area contributed by atoms with Gasteiger partial charge in [0, 0.05) is 6.54 Å². The number of nitrogens with one attached hydrogen (secondary N) is 1. The molecule has 1 fully saturated rings. The minimum Gasteiger partial charge on any atom is -0.354 e. The Morgan fingerprint density at radius 2 is 1.94 bits per heavy atom. The first kappa shape index (κ1) is 13.1. The lowest BCUT2D eigenvalue weighted by Gasteiger charge is -2.21. The number of carbonyl (C=O) groups is 1. The Labute approximate surface area is 109 Å².